The molecule has 1 amide bonds. The van der Waals surface area contributed by atoms with Gasteiger partial charge in [-0.1, -0.05) is 41.9 Å². The van der Waals surface area contributed by atoms with E-state index >= 15 is 0 Å². The number of pyridine rings is 1. The van der Waals surface area contributed by atoms with E-state index in [1.807, 2.05) is 30.3 Å². The largest absolute Gasteiger partial charge is 0.354 e. The second-order valence-corrected chi connectivity index (χ2v) is 5.76. The predicted molar refractivity (Wildman–Crippen MR) is 96.5 cm³/mol. The van der Waals surface area contributed by atoms with Gasteiger partial charge in [0.2, 0.25) is 0 Å². The van der Waals surface area contributed by atoms with Gasteiger partial charge in [-0.2, -0.15) is 0 Å². The maximum absolute atomic E-state index is 13.2. The van der Waals surface area contributed by atoms with E-state index in [0.29, 0.717) is 23.6 Å². The number of carbonyl (C=O) groups is 1. The van der Waals surface area contributed by atoms with Gasteiger partial charge in [0.05, 0.1) is 16.9 Å². The first-order valence-electron chi connectivity index (χ1n) is 7.62. The standard InChI is InChI=1S/C19H15ClFN3O/c20-16-10-14(6-8-17(16)21)24-15-7-9-18(22-12-15)19(25)23-11-13-4-2-1-3-5-13/h1-10,12,24H,11H2,(H,23,25). The summed E-state index contributed by atoms with van der Waals surface area (Å²) in [5, 5.41) is 5.90. The molecular weight excluding hydrogens is 341 g/mol. The van der Waals surface area contributed by atoms with Crippen LogP contribution in [-0.2, 0) is 6.54 Å². The molecule has 0 aliphatic rings. The highest BCUT2D eigenvalue weighted by molar-refractivity contribution is 6.31. The Morgan fingerprint density at radius 1 is 1.04 bits per heavy atom. The van der Waals surface area contributed by atoms with Gasteiger partial charge in [0, 0.05) is 12.2 Å². The van der Waals surface area contributed by atoms with Gasteiger partial charge in [-0.3, -0.25) is 4.79 Å². The van der Waals surface area contributed by atoms with E-state index in [2.05, 4.69) is 15.6 Å². The number of nitrogens with one attached hydrogen (secondary N) is 2. The van der Waals surface area contributed by atoms with Gasteiger partial charge in [-0.15, -0.1) is 0 Å². The summed E-state index contributed by atoms with van der Waals surface area (Å²) in [6.45, 7) is 0.440. The summed E-state index contributed by atoms with van der Waals surface area (Å²) in [5.74, 6) is -0.726. The molecule has 0 bridgehead atoms. The molecule has 0 saturated heterocycles. The Morgan fingerprint density at radius 3 is 2.48 bits per heavy atom. The molecule has 126 valence electrons. The minimum absolute atomic E-state index is 0.0369. The van der Waals surface area contributed by atoms with Crippen LogP contribution in [0.1, 0.15) is 16.1 Å². The molecule has 0 aliphatic carbocycles. The highest BCUT2D eigenvalue weighted by Gasteiger charge is 2.07. The number of nitrogens with zero attached hydrogens (tertiary/aromatic N) is 1. The Balaban J connectivity index is 1.61. The number of anilines is 2. The molecule has 2 aromatic carbocycles. The van der Waals surface area contributed by atoms with E-state index in [1.165, 1.54) is 18.3 Å². The van der Waals surface area contributed by atoms with Crippen molar-refractivity contribution in [3.05, 3.63) is 89.0 Å². The minimum Gasteiger partial charge on any atom is -0.354 e. The normalized spacial score (nSPS) is 10.3. The molecule has 0 unspecified atom stereocenters. The maximum Gasteiger partial charge on any atom is 0.270 e. The summed E-state index contributed by atoms with van der Waals surface area (Å²) in [4.78, 5) is 16.3. The number of amides is 1. The van der Waals surface area contributed by atoms with Crippen molar-refractivity contribution in [1.82, 2.24) is 10.3 Å². The Bertz CT molecular complexity index is 870. The van der Waals surface area contributed by atoms with Crippen LogP contribution in [0.5, 0.6) is 0 Å². The van der Waals surface area contributed by atoms with Gasteiger partial charge in [0.25, 0.3) is 5.91 Å². The van der Waals surface area contributed by atoms with Crippen molar-refractivity contribution in [2.75, 3.05) is 5.32 Å². The van der Waals surface area contributed by atoms with E-state index in [0.717, 1.165) is 5.56 Å². The molecule has 1 heterocycles. The summed E-state index contributed by atoms with van der Waals surface area (Å²) < 4.78 is 13.2. The van der Waals surface area contributed by atoms with E-state index in [1.54, 1.807) is 18.2 Å². The van der Waals surface area contributed by atoms with Gasteiger partial charge in [0.15, 0.2) is 0 Å². The predicted octanol–water partition coefficient (Wildman–Crippen LogP) is 4.55. The zero-order valence-corrected chi connectivity index (χ0v) is 13.9. The molecule has 2 N–H and O–H groups in total. The van der Waals surface area contributed by atoms with E-state index < -0.39 is 5.82 Å². The van der Waals surface area contributed by atoms with E-state index in [9.17, 15) is 9.18 Å². The number of rotatable bonds is 5. The fourth-order valence-corrected chi connectivity index (χ4v) is 2.39. The van der Waals surface area contributed by atoms with Crippen molar-refractivity contribution in [3.63, 3.8) is 0 Å². The van der Waals surface area contributed by atoms with Crippen molar-refractivity contribution in [2.45, 2.75) is 6.54 Å². The van der Waals surface area contributed by atoms with E-state index in [4.69, 9.17) is 11.6 Å². The molecule has 1 aromatic heterocycles. The van der Waals surface area contributed by atoms with Crippen LogP contribution >= 0.6 is 11.6 Å². The maximum atomic E-state index is 13.2. The molecule has 0 aliphatic heterocycles. The van der Waals surface area contributed by atoms with Crippen LogP contribution in [0.15, 0.2) is 66.9 Å². The Hall–Kier alpha value is -2.92. The quantitative estimate of drug-likeness (QED) is 0.706. The number of aromatic nitrogens is 1. The summed E-state index contributed by atoms with van der Waals surface area (Å²) >= 11 is 5.75. The average molecular weight is 356 g/mol. The lowest BCUT2D eigenvalue weighted by atomic mass is 10.2. The number of halogens is 2. The minimum atomic E-state index is -0.476. The van der Waals surface area contributed by atoms with E-state index in [-0.39, 0.29) is 10.9 Å². The van der Waals surface area contributed by atoms with Gasteiger partial charge in [-0.05, 0) is 35.9 Å². The average Bonchev–Trinajstić information content (AvgIpc) is 2.64. The molecule has 3 aromatic rings. The summed E-state index contributed by atoms with van der Waals surface area (Å²) in [5.41, 5.74) is 2.64. The van der Waals surface area contributed by atoms with Gasteiger partial charge >= 0.3 is 0 Å². The molecule has 0 atom stereocenters. The highest BCUT2D eigenvalue weighted by atomic mass is 35.5. The fourth-order valence-electron chi connectivity index (χ4n) is 2.21. The Kier molecular flexibility index (Phi) is 5.26. The smallest absolute Gasteiger partial charge is 0.270 e. The fraction of sp³-hybridized carbons (Fsp3) is 0.0526. The molecule has 25 heavy (non-hydrogen) atoms. The third kappa shape index (κ3) is 4.55. The van der Waals surface area contributed by atoms with Crippen LogP contribution in [-0.4, -0.2) is 10.9 Å². The molecule has 3 rings (SSSR count). The lowest BCUT2D eigenvalue weighted by molar-refractivity contribution is 0.0946. The third-order valence-electron chi connectivity index (χ3n) is 3.50. The Labute approximate surface area is 149 Å². The van der Waals surface area contributed by atoms with Crippen molar-refractivity contribution >= 4 is 28.9 Å². The van der Waals surface area contributed by atoms with Gasteiger partial charge in [-0.25, -0.2) is 9.37 Å². The summed E-state index contributed by atoms with van der Waals surface area (Å²) in [6.07, 6.45) is 1.54. The van der Waals surface area contributed by atoms with Crippen LogP contribution in [0.4, 0.5) is 15.8 Å². The molecular formula is C19H15ClFN3O. The molecule has 4 nitrogen and oxygen atoms in total. The zero-order chi connectivity index (χ0) is 17.6. The number of benzene rings is 2. The Morgan fingerprint density at radius 2 is 1.80 bits per heavy atom. The second kappa shape index (κ2) is 7.77. The van der Waals surface area contributed by atoms with Crippen LogP contribution in [0.3, 0.4) is 0 Å². The van der Waals surface area contributed by atoms with Crippen LogP contribution in [0.2, 0.25) is 5.02 Å². The number of carbonyl (C=O) groups excluding carboxylic acids is 1. The van der Waals surface area contributed by atoms with Gasteiger partial charge in [0.1, 0.15) is 11.5 Å². The van der Waals surface area contributed by atoms with Crippen molar-refractivity contribution < 1.29 is 9.18 Å². The van der Waals surface area contributed by atoms with Gasteiger partial charge < -0.3 is 10.6 Å². The first-order chi connectivity index (χ1) is 12.1. The van der Waals surface area contributed by atoms with Crippen molar-refractivity contribution in [3.8, 4) is 0 Å². The SMILES string of the molecule is O=C(NCc1ccccc1)c1ccc(Nc2ccc(F)c(Cl)c2)cn1. The molecule has 0 radical (unpaired) electrons. The monoisotopic (exact) mass is 355 g/mol. The lowest BCUT2D eigenvalue weighted by Crippen LogP contribution is -2.23. The van der Waals surface area contributed by atoms with Crippen molar-refractivity contribution in [2.24, 2.45) is 0 Å². The summed E-state index contributed by atoms with van der Waals surface area (Å²) in [6, 6.07) is 17.3. The second-order valence-electron chi connectivity index (χ2n) is 5.35. The topological polar surface area (TPSA) is 54.0 Å². The first-order valence-corrected chi connectivity index (χ1v) is 8.00. The highest BCUT2D eigenvalue weighted by Crippen LogP contribution is 2.22. The van der Waals surface area contributed by atoms with Crippen LogP contribution in [0.25, 0.3) is 0 Å². The van der Waals surface area contributed by atoms with Crippen molar-refractivity contribution in [1.29, 1.82) is 0 Å². The zero-order valence-electron chi connectivity index (χ0n) is 13.2. The van der Waals surface area contributed by atoms with Crippen LogP contribution in [0, 0.1) is 5.82 Å². The molecule has 0 fully saturated rings. The lowest BCUT2D eigenvalue weighted by Gasteiger charge is -2.08. The number of hydrogen-bond donors (Lipinski definition) is 2. The molecule has 0 saturated carbocycles. The third-order valence-corrected chi connectivity index (χ3v) is 3.79. The number of hydrogen-bond acceptors (Lipinski definition) is 3. The summed E-state index contributed by atoms with van der Waals surface area (Å²) in [7, 11) is 0. The first kappa shape index (κ1) is 16.9. The van der Waals surface area contributed by atoms with Crippen LogP contribution < -0.4 is 10.6 Å². The molecule has 6 heteroatoms. The molecule has 0 spiro atoms.